The smallest absolute Gasteiger partial charge is 0.330 e. The molecule has 1 aromatic heterocycles. The summed E-state index contributed by atoms with van der Waals surface area (Å²) in [6, 6.07) is 3.27. The van der Waals surface area contributed by atoms with Gasteiger partial charge in [-0.15, -0.1) is 0 Å². The summed E-state index contributed by atoms with van der Waals surface area (Å²) in [7, 11) is -1.73. The summed E-state index contributed by atoms with van der Waals surface area (Å²) in [5, 5.41) is 8.85. The number of aromatic amines is 1. The molecule has 1 fully saturated rings. The lowest BCUT2D eigenvalue weighted by Gasteiger charge is -2.37. The van der Waals surface area contributed by atoms with Gasteiger partial charge in [-0.2, -0.15) is 5.26 Å². The number of hydrogen-bond acceptors (Lipinski definition) is 7. The van der Waals surface area contributed by atoms with E-state index in [2.05, 4.69) is 4.98 Å². The third-order valence-corrected chi connectivity index (χ3v) is 6.79. The normalized spacial score (nSPS) is 25.2. The highest BCUT2D eigenvalue weighted by Crippen LogP contribution is 2.51. The standard InChI is InChI=1S/C19H30FN4O5P/c1-6-14-16(20)17(18(28-14)23-10-8-15(25)22-19(23)26)29-30(27-11-7-9-21)24(12(2)3)13(4)5/h8,10,12-14,16-18H,6-7,11H2,1-5H3,(H,22,25,26)/t14-,16+,17?,18-,30?/m1/s1. The molecule has 1 aromatic rings. The molecule has 1 aliphatic heterocycles. The molecule has 0 saturated carbocycles. The third kappa shape index (κ3) is 5.74. The molecule has 0 spiro atoms. The van der Waals surface area contributed by atoms with Crippen molar-refractivity contribution < 1.29 is 18.2 Å². The van der Waals surface area contributed by atoms with E-state index in [0.29, 0.717) is 6.42 Å². The molecule has 0 aliphatic carbocycles. The number of nitrogens with zero attached hydrogens (tertiary/aromatic N) is 3. The Bertz CT molecular complexity index is 831. The summed E-state index contributed by atoms with van der Waals surface area (Å²) < 4.78 is 36.2. The first-order valence-corrected chi connectivity index (χ1v) is 11.2. The third-order valence-electron chi connectivity index (χ3n) is 4.67. The lowest BCUT2D eigenvalue weighted by atomic mass is 10.1. The van der Waals surface area contributed by atoms with E-state index in [4.69, 9.17) is 19.0 Å². The van der Waals surface area contributed by atoms with Crippen molar-refractivity contribution in [2.24, 2.45) is 0 Å². The Balaban J connectivity index is 2.38. The molecule has 1 aliphatic rings. The number of nitrogens with one attached hydrogen (secondary N) is 1. The number of alkyl halides is 1. The van der Waals surface area contributed by atoms with Crippen molar-refractivity contribution in [3.63, 3.8) is 0 Å². The second-order valence-corrected chi connectivity index (χ2v) is 8.96. The summed E-state index contributed by atoms with van der Waals surface area (Å²) in [5.74, 6) is 0. The van der Waals surface area contributed by atoms with E-state index in [9.17, 15) is 9.59 Å². The predicted octanol–water partition coefficient (Wildman–Crippen LogP) is 2.84. The molecular weight excluding hydrogens is 414 g/mol. The fourth-order valence-electron chi connectivity index (χ4n) is 3.38. The number of nitriles is 1. The largest absolute Gasteiger partial charge is 0.349 e. The first-order chi connectivity index (χ1) is 14.2. The number of hydrogen-bond donors (Lipinski definition) is 1. The zero-order valence-corrected chi connectivity index (χ0v) is 18.8. The van der Waals surface area contributed by atoms with Crippen LogP contribution in [0.1, 0.15) is 53.7 Å². The Morgan fingerprint density at radius 3 is 2.57 bits per heavy atom. The van der Waals surface area contributed by atoms with Crippen LogP contribution in [0.2, 0.25) is 0 Å². The maximum atomic E-state index is 15.3. The van der Waals surface area contributed by atoms with Gasteiger partial charge in [-0.05, 0) is 34.1 Å². The van der Waals surface area contributed by atoms with E-state index in [1.807, 2.05) is 38.4 Å². The minimum atomic E-state index is -1.73. The second kappa shape index (κ2) is 11.1. The molecule has 0 bridgehead atoms. The van der Waals surface area contributed by atoms with Crippen molar-refractivity contribution in [3.05, 3.63) is 33.1 Å². The van der Waals surface area contributed by atoms with Gasteiger partial charge in [-0.3, -0.25) is 14.3 Å². The summed E-state index contributed by atoms with van der Waals surface area (Å²) in [6.07, 6.45) is -2.60. The van der Waals surface area contributed by atoms with Gasteiger partial charge in [-0.25, -0.2) is 13.9 Å². The highest BCUT2D eigenvalue weighted by molar-refractivity contribution is 7.44. The maximum Gasteiger partial charge on any atom is 0.330 e. The first kappa shape index (κ1) is 24.6. The van der Waals surface area contributed by atoms with Gasteiger partial charge in [0.05, 0.1) is 25.2 Å². The van der Waals surface area contributed by atoms with Gasteiger partial charge in [0.2, 0.25) is 0 Å². The predicted molar refractivity (Wildman–Crippen MR) is 111 cm³/mol. The average Bonchev–Trinajstić information content (AvgIpc) is 2.97. The van der Waals surface area contributed by atoms with E-state index in [0.717, 1.165) is 4.57 Å². The van der Waals surface area contributed by atoms with Crippen LogP contribution in [0.4, 0.5) is 4.39 Å². The number of ether oxygens (including phenoxy) is 1. The monoisotopic (exact) mass is 444 g/mol. The molecule has 9 nitrogen and oxygen atoms in total. The number of H-pyrrole nitrogens is 1. The van der Waals surface area contributed by atoms with Crippen molar-refractivity contribution in [2.75, 3.05) is 6.61 Å². The second-order valence-electron chi connectivity index (χ2n) is 7.55. The Labute approximate surface area is 176 Å². The summed E-state index contributed by atoms with van der Waals surface area (Å²) in [4.78, 5) is 25.9. The van der Waals surface area contributed by atoms with Crippen LogP contribution in [0.25, 0.3) is 0 Å². The Morgan fingerprint density at radius 1 is 1.37 bits per heavy atom. The van der Waals surface area contributed by atoms with Gasteiger partial charge < -0.3 is 13.8 Å². The zero-order valence-electron chi connectivity index (χ0n) is 17.9. The van der Waals surface area contributed by atoms with Gasteiger partial charge >= 0.3 is 5.69 Å². The number of halogens is 1. The van der Waals surface area contributed by atoms with Crippen molar-refractivity contribution in [1.29, 1.82) is 5.26 Å². The summed E-state index contributed by atoms with van der Waals surface area (Å²) in [5.41, 5.74) is -1.26. The van der Waals surface area contributed by atoms with Crippen molar-refractivity contribution in [2.45, 2.75) is 84.2 Å². The highest BCUT2D eigenvalue weighted by Gasteiger charge is 2.49. The number of aromatic nitrogens is 2. The Morgan fingerprint density at radius 2 is 2.03 bits per heavy atom. The maximum absolute atomic E-state index is 15.3. The number of rotatable bonds is 10. The summed E-state index contributed by atoms with van der Waals surface area (Å²) in [6.45, 7) is 9.83. The SMILES string of the molecule is CC[C@H]1O[C@@H](n2ccc(=O)[nH]c2=O)C(OP(OCCC#N)N(C(C)C)C(C)C)[C@H]1F. The molecule has 11 heteroatoms. The lowest BCUT2D eigenvalue weighted by Crippen LogP contribution is -2.40. The van der Waals surface area contributed by atoms with Crippen molar-refractivity contribution >= 4 is 8.53 Å². The van der Waals surface area contributed by atoms with Crippen molar-refractivity contribution in [3.8, 4) is 6.07 Å². The first-order valence-electron chi connectivity index (χ1n) is 10.1. The molecule has 30 heavy (non-hydrogen) atoms. The van der Waals surface area contributed by atoms with Crippen LogP contribution in [0, 0.1) is 11.3 Å². The minimum absolute atomic E-state index is 0.0369. The molecule has 168 valence electrons. The van der Waals surface area contributed by atoms with Crippen LogP contribution in [-0.4, -0.2) is 51.3 Å². The van der Waals surface area contributed by atoms with E-state index in [1.165, 1.54) is 12.3 Å². The lowest BCUT2D eigenvalue weighted by molar-refractivity contribution is -0.0373. The van der Waals surface area contributed by atoms with Crippen LogP contribution in [0.3, 0.4) is 0 Å². The van der Waals surface area contributed by atoms with Gasteiger partial charge in [0.15, 0.2) is 12.4 Å². The van der Waals surface area contributed by atoms with Crippen molar-refractivity contribution in [1.82, 2.24) is 14.2 Å². The van der Waals surface area contributed by atoms with Crippen LogP contribution in [-0.2, 0) is 13.8 Å². The molecule has 1 saturated heterocycles. The molecule has 1 N–H and O–H groups in total. The fraction of sp³-hybridized carbons (Fsp3) is 0.737. The van der Waals surface area contributed by atoms with E-state index < -0.39 is 44.4 Å². The molecule has 5 atom stereocenters. The quantitative estimate of drug-likeness (QED) is 0.436. The van der Waals surface area contributed by atoms with Gasteiger partial charge in [-0.1, -0.05) is 6.92 Å². The summed E-state index contributed by atoms with van der Waals surface area (Å²) >= 11 is 0. The molecular formula is C19H30FN4O5P. The van der Waals surface area contributed by atoms with Gasteiger partial charge in [0.1, 0.15) is 6.10 Å². The van der Waals surface area contributed by atoms with Crippen LogP contribution in [0.15, 0.2) is 21.9 Å². The topological polar surface area (TPSA) is 110 Å². The fourth-order valence-corrected chi connectivity index (χ4v) is 5.12. The minimum Gasteiger partial charge on any atom is -0.349 e. The molecule has 0 radical (unpaired) electrons. The molecule has 2 rings (SSSR count). The molecule has 2 heterocycles. The van der Waals surface area contributed by atoms with E-state index in [1.54, 1.807) is 6.92 Å². The van der Waals surface area contributed by atoms with E-state index in [-0.39, 0.29) is 25.1 Å². The average molecular weight is 444 g/mol. The van der Waals surface area contributed by atoms with Gasteiger partial charge in [0, 0.05) is 24.3 Å². The molecule has 2 unspecified atom stereocenters. The molecule has 0 amide bonds. The zero-order chi connectivity index (χ0) is 22.4. The highest BCUT2D eigenvalue weighted by atomic mass is 31.2. The van der Waals surface area contributed by atoms with Crippen LogP contribution < -0.4 is 11.2 Å². The Hall–Kier alpha value is -1.63. The van der Waals surface area contributed by atoms with E-state index >= 15 is 4.39 Å². The molecule has 0 aromatic carbocycles. The Kier molecular flexibility index (Phi) is 9.13. The van der Waals surface area contributed by atoms with Gasteiger partial charge in [0.25, 0.3) is 14.1 Å². The van der Waals surface area contributed by atoms with Crippen LogP contribution >= 0.6 is 8.53 Å². The van der Waals surface area contributed by atoms with Crippen LogP contribution in [0.5, 0.6) is 0 Å².